The van der Waals surface area contributed by atoms with Crippen molar-refractivity contribution in [1.29, 1.82) is 0 Å². The molecule has 10 heteroatoms. The van der Waals surface area contributed by atoms with Gasteiger partial charge in [0, 0.05) is 38.4 Å². The molecule has 0 unspecified atom stereocenters. The first-order valence-electron chi connectivity index (χ1n) is 7.41. The number of aromatic amines is 1. The summed E-state index contributed by atoms with van der Waals surface area (Å²) in [4.78, 5) is 38.0. The molecule has 10 nitrogen and oxygen atoms in total. The van der Waals surface area contributed by atoms with Gasteiger partial charge in [-0.3, -0.25) is 14.6 Å². The summed E-state index contributed by atoms with van der Waals surface area (Å²) in [5.41, 5.74) is -0.403. The average Bonchev–Trinajstić information content (AvgIpc) is 3.12. The van der Waals surface area contributed by atoms with Gasteiger partial charge in [0.25, 0.3) is 12.4 Å². The maximum absolute atomic E-state index is 11.8. The quantitative estimate of drug-likeness (QED) is 0.499. The van der Waals surface area contributed by atoms with Crippen LogP contribution < -0.4 is 11.0 Å². The highest BCUT2D eigenvalue weighted by Gasteiger charge is 2.11. The minimum absolute atomic E-state index is 0.0352. The molecular formula is C14H22N6O4. The Morgan fingerprint density at radius 3 is 2.71 bits per heavy atom. The van der Waals surface area contributed by atoms with E-state index in [1.54, 1.807) is 6.20 Å². The summed E-state index contributed by atoms with van der Waals surface area (Å²) in [5, 5.41) is 13.4. The molecule has 0 saturated carbocycles. The first-order chi connectivity index (χ1) is 11.4. The highest BCUT2D eigenvalue weighted by molar-refractivity contribution is 5.90. The minimum atomic E-state index is -0.403. The topological polar surface area (TPSA) is 135 Å². The van der Waals surface area contributed by atoms with E-state index >= 15 is 0 Å². The molecule has 0 aliphatic heterocycles. The van der Waals surface area contributed by atoms with Gasteiger partial charge in [-0.1, -0.05) is 13.8 Å². The first-order valence-corrected chi connectivity index (χ1v) is 7.41. The summed E-state index contributed by atoms with van der Waals surface area (Å²) in [6.45, 7) is 5.23. The molecule has 0 saturated heterocycles. The summed E-state index contributed by atoms with van der Waals surface area (Å²) in [5.74, 6) is 1.07. The zero-order valence-corrected chi connectivity index (χ0v) is 13.9. The van der Waals surface area contributed by atoms with Gasteiger partial charge in [-0.2, -0.15) is 0 Å². The van der Waals surface area contributed by atoms with Gasteiger partial charge < -0.3 is 15.0 Å². The number of carboxylic acid groups (broad SMARTS) is 1. The Labute approximate surface area is 138 Å². The van der Waals surface area contributed by atoms with Crippen LogP contribution in [0.2, 0.25) is 0 Å². The highest BCUT2D eigenvalue weighted by atomic mass is 16.3. The van der Waals surface area contributed by atoms with Crippen molar-refractivity contribution in [2.45, 2.75) is 32.7 Å². The number of carbonyl (C=O) groups excluding carboxylic acids is 1. The third-order valence-electron chi connectivity index (χ3n) is 3.11. The van der Waals surface area contributed by atoms with Crippen LogP contribution in [0.5, 0.6) is 0 Å². The Morgan fingerprint density at radius 2 is 2.17 bits per heavy atom. The molecule has 0 bridgehead atoms. The van der Waals surface area contributed by atoms with Gasteiger partial charge in [-0.05, 0) is 6.42 Å². The zero-order chi connectivity index (χ0) is 18.1. The van der Waals surface area contributed by atoms with E-state index in [0.717, 1.165) is 23.5 Å². The smallest absolute Gasteiger partial charge is 0.343 e. The molecule has 0 atom stereocenters. The molecule has 3 N–H and O–H groups in total. The van der Waals surface area contributed by atoms with Gasteiger partial charge in [0.15, 0.2) is 0 Å². The normalized spacial score (nSPS) is 10.2. The molecule has 0 spiro atoms. The number of hydrogen-bond donors (Lipinski definition) is 3. The number of rotatable bonds is 6. The number of imidazole rings is 1. The van der Waals surface area contributed by atoms with E-state index in [0.29, 0.717) is 12.5 Å². The molecule has 2 rings (SSSR count). The molecule has 2 aromatic heterocycles. The molecule has 1 amide bonds. The third kappa shape index (κ3) is 5.38. The molecule has 132 valence electrons. The van der Waals surface area contributed by atoms with Crippen molar-refractivity contribution in [2.75, 3.05) is 6.54 Å². The first kappa shape index (κ1) is 19.1. The number of H-pyrrole nitrogens is 1. The Hall–Kier alpha value is -2.91. The predicted molar refractivity (Wildman–Crippen MR) is 85.8 cm³/mol. The van der Waals surface area contributed by atoms with Crippen LogP contribution in [0.25, 0.3) is 0 Å². The van der Waals surface area contributed by atoms with Crippen LogP contribution in [-0.4, -0.2) is 48.3 Å². The van der Waals surface area contributed by atoms with E-state index in [9.17, 15) is 9.59 Å². The van der Waals surface area contributed by atoms with Gasteiger partial charge in [0.05, 0.1) is 0 Å². The van der Waals surface area contributed by atoms with Crippen molar-refractivity contribution >= 4 is 12.4 Å². The molecule has 0 fully saturated rings. The van der Waals surface area contributed by atoms with E-state index in [1.165, 1.54) is 7.05 Å². The van der Waals surface area contributed by atoms with Crippen LogP contribution >= 0.6 is 0 Å². The number of carbonyl (C=O) groups is 2. The summed E-state index contributed by atoms with van der Waals surface area (Å²) in [7, 11) is 1.49. The lowest BCUT2D eigenvalue weighted by molar-refractivity contribution is -0.122. The lowest BCUT2D eigenvalue weighted by Gasteiger charge is -2.10. The Morgan fingerprint density at radius 1 is 1.50 bits per heavy atom. The van der Waals surface area contributed by atoms with Crippen molar-refractivity contribution in [3.63, 3.8) is 0 Å². The van der Waals surface area contributed by atoms with Gasteiger partial charge in [-0.15, -0.1) is 5.10 Å². The Kier molecular flexibility index (Phi) is 7.40. The number of nitrogens with one attached hydrogen (secondary N) is 2. The number of nitrogens with zero attached hydrogens (tertiary/aromatic N) is 4. The van der Waals surface area contributed by atoms with Crippen molar-refractivity contribution in [2.24, 2.45) is 7.05 Å². The minimum Gasteiger partial charge on any atom is -0.483 e. The second-order valence-electron chi connectivity index (χ2n) is 5.25. The SMILES string of the molecule is CC(C)c1nccn1CCCNC(=O)c1nn(C)c(=O)[nH]1.O=CO. The molecular weight excluding hydrogens is 316 g/mol. The summed E-state index contributed by atoms with van der Waals surface area (Å²) in [6.07, 6.45) is 4.50. The largest absolute Gasteiger partial charge is 0.483 e. The van der Waals surface area contributed by atoms with Gasteiger partial charge in [0.1, 0.15) is 5.82 Å². The summed E-state index contributed by atoms with van der Waals surface area (Å²) in [6, 6.07) is 0. The molecule has 0 radical (unpaired) electrons. The fourth-order valence-electron chi connectivity index (χ4n) is 2.05. The van der Waals surface area contributed by atoms with Crippen molar-refractivity contribution in [1.82, 2.24) is 29.6 Å². The zero-order valence-electron chi connectivity index (χ0n) is 13.9. The van der Waals surface area contributed by atoms with E-state index in [2.05, 4.69) is 38.8 Å². The van der Waals surface area contributed by atoms with E-state index in [-0.39, 0.29) is 18.2 Å². The van der Waals surface area contributed by atoms with Crippen LogP contribution in [-0.2, 0) is 18.4 Å². The van der Waals surface area contributed by atoms with Crippen LogP contribution in [0.1, 0.15) is 42.6 Å². The fraction of sp³-hybridized carbons (Fsp3) is 0.500. The number of aryl methyl sites for hydroxylation is 2. The van der Waals surface area contributed by atoms with Crippen LogP contribution in [0, 0.1) is 0 Å². The fourth-order valence-corrected chi connectivity index (χ4v) is 2.05. The predicted octanol–water partition coefficient (Wildman–Crippen LogP) is -0.0508. The Balaban J connectivity index is 0.000000891. The van der Waals surface area contributed by atoms with Gasteiger partial charge >= 0.3 is 5.69 Å². The number of amides is 1. The van der Waals surface area contributed by atoms with Gasteiger partial charge in [0.2, 0.25) is 5.82 Å². The second kappa shape index (κ2) is 9.28. The lowest BCUT2D eigenvalue weighted by Crippen LogP contribution is -2.26. The van der Waals surface area contributed by atoms with Gasteiger partial charge in [-0.25, -0.2) is 14.5 Å². The summed E-state index contributed by atoms with van der Waals surface area (Å²) < 4.78 is 3.18. The third-order valence-corrected chi connectivity index (χ3v) is 3.11. The number of aromatic nitrogens is 5. The maximum Gasteiger partial charge on any atom is 0.343 e. The summed E-state index contributed by atoms with van der Waals surface area (Å²) >= 11 is 0. The standard InChI is InChI=1S/C13H20N6O2.CH2O2/c1-9(2)11-14-6-8-19(11)7-4-5-15-12(20)10-16-13(21)18(3)17-10;2-1-3/h6,8-9H,4-5,7H2,1-3H3,(H,15,20)(H,16,17,21);1H,(H,2,3). The molecule has 0 aromatic carbocycles. The van der Waals surface area contributed by atoms with Crippen LogP contribution in [0.15, 0.2) is 17.2 Å². The monoisotopic (exact) mass is 338 g/mol. The Bertz CT molecular complexity index is 715. The second-order valence-corrected chi connectivity index (χ2v) is 5.25. The molecule has 2 heterocycles. The van der Waals surface area contributed by atoms with E-state index in [1.807, 2.05) is 6.20 Å². The van der Waals surface area contributed by atoms with E-state index in [4.69, 9.17) is 9.90 Å². The lowest BCUT2D eigenvalue weighted by atomic mass is 10.2. The highest BCUT2D eigenvalue weighted by Crippen LogP contribution is 2.11. The van der Waals surface area contributed by atoms with Crippen molar-refractivity contribution < 1.29 is 14.7 Å². The van der Waals surface area contributed by atoms with Crippen LogP contribution in [0.3, 0.4) is 0 Å². The van der Waals surface area contributed by atoms with Crippen molar-refractivity contribution in [3.05, 3.63) is 34.5 Å². The maximum atomic E-state index is 11.8. The molecule has 24 heavy (non-hydrogen) atoms. The van der Waals surface area contributed by atoms with Crippen LogP contribution in [0.4, 0.5) is 0 Å². The molecule has 0 aliphatic rings. The average molecular weight is 338 g/mol. The van der Waals surface area contributed by atoms with Crippen molar-refractivity contribution in [3.8, 4) is 0 Å². The van der Waals surface area contributed by atoms with E-state index < -0.39 is 5.69 Å². The molecule has 2 aromatic rings. The number of hydrogen-bond acceptors (Lipinski definition) is 5. The molecule has 0 aliphatic carbocycles.